The molecule has 0 fully saturated rings. The van der Waals surface area contributed by atoms with E-state index >= 15 is 0 Å². The third-order valence-corrected chi connectivity index (χ3v) is 9.12. The fourth-order valence-corrected chi connectivity index (χ4v) is 6.51. The minimum absolute atomic E-state index is 0.00711. The topological polar surface area (TPSA) is 42.9 Å². The second-order valence-corrected chi connectivity index (χ2v) is 12.4. The molecule has 0 saturated carbocycles. The van der Waals surface area contributed by atoms with Crippen LogP contribution in [-0.4, -0.2) is 12.3 Å². The van der Waals surface area contributed by atoms with Crippen LogP contribution < -0.4 is 20.4 Å². The Morgan fingerprint density at radius 3 is 1.77 bits per heavy atom. The van der Waals surface area contributed by atoms with Gasteiger partial charge in [0.25, 0.3) is 0 Å². The molecule has 2 aliphatic rings. The SMILES string of the molecule is Cc1ccc(N(c2ccc(C)cc2)c2ccc(C3=CN=C(c4ccc(C5Nc6ccccc6N5c5ccccc5)cc4)CN3)cc2)cc1. The lowest BCUT2D eigenvalue weighted by Crippen LogP contribution is -2.26. The van der Waals surface area contributed by atoms with E-state index in [9.17, 15) is 0 Å². The normalized spacial score (nSPS) is 15.1. The van der Waals surface area contributed by atoms with Crippen LogP contribution >= 0.6 is 0 Å². The van der Waals surface area contributed by atoms with Gasteiger partial charge in [-0.2, -0.15) is 0 Å². The molecule has 0 bridgehead atoms. The van der Waals surface area contributed by atoms with Gasteiger partial charge in [-0.3, -0.25) is 4.99 Å². The maximum Gasteiger partial charge on any atom is 0.130 e. The molecule has 0 spiro atoms. The highest BCUT2D eigenvalue weighted by Crippen LogP contribution is 2.45. The smallest absolute Gasteiger partial charge is 0.130 e. The summed E-state index contributed by atoms with van der Waals surface area (Å²) in [5.41, 5.74) is 14.8. The van der Waals surface area contributed by atoms with E-state index in [2.05, 4.69) is 186 Å². The number of para-hydroxylation sites is 3. The number of aliphatic imine (C=N–C) groups is 1. The Bertz CT molecular complexity index is 2050. The largest absolute Gasteiger partial charge is 0.378 e. The molecule has 5 nitrogen and oxygen atoms in total. The zero-order valence-corrected chi connectivity index (χ0v) is 27.1. The summed E-state index contributed by atoms with van der Waals surface area (Å²) in [6, 6.07) is 53.9. The molecule has 1 atom stereocenters. The summed E-state index contributed by atoms with van der Waals surface area (Å²) >= 11 is 0. The Morgan fingerprint density at radius 2 is 1.17 bits per heavy atom. The number of fused-ring (bicyclic) bond motifs is 1. The zero-order valence-electron chi connectivity index (χ0n) is 27.1. The van der Waals surface area contributed by atoms with Gasteiger partial charge in [0.05, 0.1) is 35.5 Å². The van der Waals surface area contributed by atoms with E-state index in [1.807, 2.05) is 6.20 Å². The van der Waals surface area contributed by atoms with Crippen LogP contribution in [0, 0.1) is 13.8 Å². The van der Waals surface area contributed by atoms with Gasteiger partial charge in [0, 0.05) is 22.7 Å². The van der Waals surface area contributed by atoms with Crippen molar-refractivity contribution in [3.8, 4) is 0 Å². The van der Waals surface area contributed by atoms with Gasteiger partial charge in [-0.15, -0.1) is 0 Å². The molecular weight excluding hydrogens is 587 g/mol. The fourth-order valence-electron chi connectivity index (χ4n) is 6.51. The molecule has 2 heterocycles. The highest BCUT2D eigenvalue weighted by atomic mass is 15.3. The van der Waals surface area contributed by atoms with Crippen LogP contribution in [0.3, 0.4) is 0 Å². The standard InChI is InChI=1S/C43H37N5/c1-30-12-22-36(23-13-30)47(37-24-14-31(2)15-25-37)38-26-20-33(21-27-38)41-29-44-40(28-45-41)32-16-18-34(19-17-32)43-46-39-10-6-7-11-42(39)48(43)35-8-4-3-5-9-35/h3-27,29,43,45-46H,28H2,1-2H3. The number of nitrogens with zero attached hydrogens (tertiary/aromatic N) is 3. The average molecular weight is 624 g/mol. The van der Waals surface area contributed by atoms with E-state index in [0.717, 1.165) is 51.0 Å². The van der Waals surface area contributed by atoms with Crippen LogP contribution in [0.5, 0.6) is 0 Å². The number of hydrogen-bond acceptors (Lipinski definition) is 5. The summed E-state index contributed by atoms with van der Waals surface area (Å²) in [6.07, 6.45) is 1.96. The fraction of sp³-hybridized carbons (Fsp3) is 0.0930. The van der Waals surface area contributed by atoms with Crippen molar-refractivity contribution in [2.75, 3.05) is 21.7 Å². The molecule has 2 N–H and O–H groups in total. The quantitative estimate of drug-likeness (QED) is 0.186. The molecule has 234 valence electrons. The van der Waals surface area contributed by atoms with Crippen LogP contribution in [0.25, 0.3) is 5.70 Å². The number of anilines is 6. The molecule has 0 aliphatic carbocycles. The van der Waals surface area contributed by atoms with Crippen molar-refractivity contribution in [1.82, 2.24) is 5.32 Å². The third-order valence-electron chi connectivity index (χ3n) is 9.12. The second-order valence-electron chi connectivity index (χ2n) is 12.4. The Labute approximate surface area is 282 Å². The van der Waals surface area contributed by atoms with E-state index in [1.165, 1.54) is 22.4 Å². The minimum atomic E-state index is 0.00711. The molecular formula is C43H37N5. The van der Waals surface area contributed by atoms with Gasteiger partial charge in [-0.1, -0.05) is 102 Å². The molecule has 0 radical (unpaired) electrons. The Balaban J connectivity index is 1.02. The summed E-state index contributed by atoms with van der Waals surface area (Å²) < 4.78 is 0. The van der Waals surface area contributed by atoms with Gasteiger partial charge in [0.1, 0.15) is 6.17 Å². The van der Waals surface area contributed by atoms with Crippen molar-refractivity contribution < 1.29 is 0 Å². The first kappa shape index (κ1) is 29.3. The zero-order chi connectivity index (χ0) is 32.5. The Hall–Kier alpha value is -6.07. The highest BCUT2D eigenvalue weighted by molar-refractivity contribution is 6.04. The lowest BCUT2D eigenvalue weighted by atomic mass is 10.0. The first-order valence-electron chi connectivity index (χ1n) is 16.5. The van der Waals surface area contributed by atoms with Crippen LogP contribution in [0.2, 0.25) is 0 Å². The molecule has 0 amide bonds. The number of hydrogen-bond donors (Lipinski definition) is 2. The third kappa shape index (κ3) is 5.71. The van der Waals surface area contributed by atoms with Crippen molar-refractivity contribution in [2.24, 2.45) is 4.99 Å². The lowest BCUT2D eigenvalue weighted by Gasteiger charge is -2.27. The minimum Gasteiger partial charge on any atom is -0.378 e. The van der Waals surface area contributed by atoms with Crippen molar-refractivity contribution in [2.45, 2.75) is 20.0 Å². The lowest BCUT2D eigenvalue weighted by molar-refractivity contribution is 0.828. The molecule has 8 rings (SSSR count). The molecule has 6 aromatic carbocycles. The van der Waals surface area contributed by atoms with Crippen molar-refractivity contribution in [3.05, 3.63) is 186 Å². The van der Waals surface area contributed by atoms with E-state index in [-0.39, 0.29) is 6.17 Å². The summed E-state index contributed by atoms with van der Waals surface area (Å²) in [6.45, 7) is 4.90. The van der Waals surface area contributed by atoms with Gasteiger partial charge in [0.15, 0.2) is 0 Å². The molecule has 2 aliphatic heterocycles. The molecule has 0 aromatic heterocycles. The summed E-state index contributed by atoms with van der Waals surface area (Å²) in [7, 11) is 0. The summed E-state index contributed by atoms with van der Waals surface area (Å²) in [4.78, 5) is 9.57. The monoisotopic (exact) mass is 623 g/mol. The number of rotatable bonds is 7. The van der Waals surface area contributed by atoms with Crippen molar-refractivity contribution in [3.63, 3.8) is 0 Å². The van der Waals surface area contributed by atoms with Crippen LogP contribution in [-0.2, 0) is 0 Å². The number of nitrogens with one attached hydrogen (secondary N) is 2. The maximum atomic E-state index is 4.90. The van der Waals surface area contributed by atoms with Gasteiger partial charge in [0.2, 0.25) is 0 Å². The highest BCUT2D eigenvalue weighted by Gasteiger charge is 2.30. The molecule has 1 unspecified atom stereocenters. The average Bonchev–Trinajstić information content (AvgIpc) is 3.54. The predicted octanol–water partition coefficient (Wildman–Crippen LogP) is 10.4. The van der Waals surface area contributed by atoms with Gasteiger partial charge < -0.3 is 20.4 Å². The Morgan fingerprint density at radius 1 is 0.604 bits per heavy atom. The molecule has 5 heteroatoms. The second kappa shape index (κ2) is 12.6. The van der Waals surface area contributed by atoms with E-state index in [0.29, 0.717) is 6.54 Å². The summed E-state index contributed by atoms with van der Waals surface area (Å²) in [5.74, 6) is 0. The molecule has 48 heavy (non-hydrogen) atoms. The van der Waals surface area contributed by atoms with Crippen molar-refractivity contribution in [1.29, 1.82) is 0 Å². The molecule has 6 aromatic rings. The number of benzene rings is 6. The maximum absolute atomic E-state index is 4.90. The van der Waals surface area contributed by atoms with Gasteiger partial charge in [-0.05, 0) is 91.2 Å². The summed E-state index contributed by atoms with van der Waals surface area (Å²) in [5, 5.41) is 7.34. The van der Waals surface area contributed by atoms with Gasteiger partial charge in [-0.25, -0.2) is 0 Å². The van der Waals surface area contributed by atoms with Gasteiger partial charge >= 0.3 is 0 Å². The van der Waals surface area contributed by atoms with E-state index < -0.39 is 0 Å². The van der Waals surface area contributed by atoms with E-state index in [1.54, 1.807) is 0 Å². The first-order chi connectivity index (χ1) is 23.6. The van der Waals surface area contributed by atoms with Crippen LogP contribution in [0.1, 0.15) is 34.0 Å². The number of aryl methyl sites for hydroxylation is 2. The Kier molecular flexibility index (Phi) is 7.71. The first-order valence-corrected chi connectivity index (χ1v) is 16.5. The van der Waals surface area contributed by atoms with Crippen molar-refractivity contribution >= 4 is 45.5 Å². The predicted molar refractivity (Wildman–Crippen MR) is 201 cm³/mol. The van der Waals surface area contributed by atoms with E-state index in [4.69, 9.17) is 4.99 Å². The van der Waals surface area contributed by atoms with Crippen LogP contribution in [0.4, 0.5) is 34.1 Å². The molecule has 0 saturated heterocycles. The van der Waals surface area contributed by atoms with Crippen LogP contribution in [0.15, 0.2) is 163 Å².